The van der Waals surface area contributed by atoms with Crippen LogP contribution in [0.2, 0.25) is 0 Å². The van der Waals surface area contributed by atoms with Gasteiger partial charge >= 0.3 is 0 Å². The first-order valence-corrected chi connectivity index (χ1v) is 11.2. The van der Waals surface area contributed by atoms with Crippen molar-refractivity contribution < 1.29 is 13.2 Å². The van der Waals surface area contributed by atoms with Crippen LogP contribution in [-0.4, -0.2) is 0 Å². The smallest absolute Gasteiger partial charge is 0.138 e. The van der Waals surface area contributed by atoms with Gasteiger partial charge < -0.3 is 0 Å². The van der Waals surface area contributed by atoms with Crippen LogP contribution in [0.5, 0.6) is 0 Å². The van der Waals surface area contributed by atoms with Crippen molar-refractivity contribution in [2.45, 2.75) is 64.2 Å². The van der Waals surface area contributed by atoms with Crippen molar-refractivity contribution in [1.82, 2.24) is 0 Å². The van der Waals surface area contributed by atoms with Crippen LogP contribution in [0.15, 0.2) is 48.5 Å². The van der Waals surface area contributed by atoms with Gasteiger partial charge in [-0.1, -0.05) is 62.9 Å². The molecule has 1 aliphatic rings. The van der Waals surface area contributed by atoms with E-state index < -0.39 is 17.5 Å². The zero-order chi connectivity index (χ0) is 21.1. The van der Waals surface area contributed by atoms with Crippen LogP contribution in [0, 0.1) is 23.4 Å². The molecule has 1 saturated carbocycles. The summed E-state index contributed by atoms with van der Waals surface area (Å²) in [5.41, 5.74) is 1.72. The molecule has 0 bridgehead atoms. The molecule has 0 amide bonds. The molecule has 30 heavy (non-hydrogen) atoms. The first-order chi connectivity index (χ1) is 14.5. The van der Waals surface area contributed by atoms with E-state index in [0.717, 1.165) is 17.4 Å². The van der Waals surface area contributed by atoms with Gasteiger partial charge in [0, 0.05) is 17.0 Å². The lowest BCUT2D eigenvalue weighted by Crippen LogP contribution is -2.13. The second kappa shape index (κ2) is 9.24. The molecule has 3 heteroatoms. The number of rotatable bonds is 6. The third-order valence-electron chi connectivity index (χ3n) is 6.69. The Kier molecular flexibility index (Phi) is 6.46. The monoisotopic (exact) mass is 410 g/mol. The fraction of sp³-hybridized carbons (Fsp3) is 0.407. The fourth-order valence-corrected chi connectivity index (χ4v) is 4.96. The van der Waals surface area contributed by atoms with Gasteiger partial charge in [0.05, 0.1) is 0 Å². The van der Waals surface area contributed by atoms with E-state index in [2.05, 4.69) is 13.0 Å². The van der Waals surface area contributed by atoms with Gasteiger partial charge in [-0.2, -0.15) is 0 Å². The van der Waals surface area contributed by atoms with Gasteiger partial charge in [0.1, 0.15) is 17.5 Å². The van der Waals surface area contributed by atoms with Crippen LogP contribution in [0.1, 0.15) is 69.8 Å². The maximum atomic E-state index is 15.1. The number of hydrogen-bond acceptors (Lipinski definition) is 0. The molecule has 0 radical (unpaired) electrons. The molecule has 1 fully saturated rings. The minimum atomic E-state index is -0.704. The number of hydrogen-bond donors (Lipinski definition) is 0. The molecule has 0 spiro atoms. The molecule has 0 unspecified atom stereocenters. The zero-order valence-electron chi connectivity index (χ0n) is 17.6. The highest BCUT2D eigenvalue weighted by Gasteiger charge is 2.22. The fourth-order valence-electron chi connectivity index (χ4n) is 4.96. The molecular formula is C27H29F3. The summed E-state index contributed by atoms with van der Waals surface area (Å²) in [4.78, 5) is 0. The van der Waals surface area contributed by atoms with Crippen molar-refractivity contribution in [2.24, 2.45) is 5.92 Å². The molecule has 3 aromatic rings. The summed E-state index contributed by atoms with van der Waals surface area (Å²) in [6.45, 7) is 2.25. The lowest BCUT2D eigenvalue weighted by molar-refractivity contribution is 0.303. The number of benzene rings is 3. The Labute approximate surface area is 177 Å². The largest absolute Gasteiger partial charge is 0.207 e. The summed E-state index contributed by atoms with van der Waals surface area (Å²) in [5.74, 6) is -0.434. The highest BCUT2D eigenvalue weighted by Crippen LogP contribution is 2.39. The van der Waals surface area contributed by atoms with Crippen LogP contribution < -0.4 is 0 Å². The molecule has 0 atom stereocenters. The topological polar surface area (TPSA) is 0 Å². The van der Waals surface area contributed by atoms with Gasteiger partial charge in [0.15, 0.2) is 0 Å². The second-order valence-corrected chi connectivity index (χ2v) is 8.78. The summed E-state index contributed by atoms with van der Waals surface area (Å²) in [6.07, 6.45) is 10.3. The molecule has 0 N–H and O–H groups in total. The quantitative estimate of drug-likeness (QED) is 0.356. The van der Waals surface area contributed by atoms with E-state index in [1.54, 1.807) is 6.07 Å². The van der Waals surface area contributed by atoms with Crippen molar-refractivity contribution in [3.8, 4) is 11.1 Å². The molecular weight excluding hydrogens is 381 g/mol. The number of fused-ring (bicyclic) bond motifs is 1. The summed E-state index contributed by atoms with van der Waals surface area (Å²) in [5, 5.41) is 1.34. The molecule has 0 aromatic heterocycles. The molecule has 158 valence electrons. The standard InChI is InChI=1S/C27H29F3/c1-2-3-4-5-18-6-8-19(9-7-18)20-10-12-25-21(14-20)11-13-26(27(25)30)22-15-23(28)17-24(29)16-22/h10-19H,2-9H2,1H3. The summed E-state index contributed by atoms with van der Waals surface area (Å²) in [7, 11) is 0. The van der Waals surface area contributed by atoms with Gasteiger partial charge in [0.25, 0.3) is 0 Å². The second-order valence-electron chi connectivity index (χ2n) is 8.78. The number of unbranched alkanes of at least 4 members (excludes halogenated alkanes) is 2. The van der Waals surface area contributed by atoms with E-state index in [-0.39, 0.29) is 11.1 Å². The van der Waals surface area contributed by atoms with E-state index >= 15 is 4.39 Å². The van der Waals surface area contributed by atoms with Gasteiger partial charge in [-0.05, 0) is 66.2 Å². The third kappa shape index (κ3) is 4.55. The molecule has 0 saturated heterocycles. The minimum Gasteiger partial charge on any atom is -0.207 e. The van der Waals surface area contributed by atoms with Crippen LogP contribution in [0.3, 0.4) is 0 Å². The summed E-state index contributed by atoms with van der Waals surface area (Å²) >= 11 is 0. The van der Waals surface area contributed by atoms with Crippen molar-refractivity contribution >= 4 is 10.8 Å². The first kappa shape index (κ1) is 21.0. The Morgan fingerprint density at radius 3 is 2.23 bits per heavy atom. The van der Waals surface area contributed by atoms with E-state index in [1.165, 1.54) is 69.1 Å². The molecule has 0 nitrogen and oxygen atoms in total. The number of halogens is 3. The normalized spacial score (nSPS) is 19.3. The van der Waals surface area contributed by atoms with Crippen LogP contribution in [-0.2, 0) is 0 Å². The predicted octanol–water partition coefficient (Wildman–Crippen LogP) is 8.78. The maximum Gasteiger partial charge on any atom is 0.138 e. The third-order valence-corrected chi connectivity index (χ3v) is 6.69. The van der Waals surface area contributed by atoms with Crippen LogP contribution >= 0.6 is 0 Å². The lowest BCUT2D eigenvalue weighted by Gasteiger charge is -2.29. The first-order valence-electron chi connectivity index (χ1n) is 11.2. The predicted molar refractivity (Wildman–Crippen MR) is 118 cm³/mol. The Hall–Kier alpha value is -2.29. The van der Waals surface area contributed by atoms with Crippen molar-refractivity contribution in [2.75, 3.05) is 0 Å². The molecule has 3 aromatic carbocycles. The summed E-state index contributed by atoms with van der Waals surface area (Å²) < 4.78 is 42.3. The van der Waals surface area contributed by atoms with Crippen molar-refractivity contribution in [3.63, 3.8) is 0 Å². The van der Waals surface area contributed by atoms with Gasteiger partial charge in [-0.25, -0.2) is 13.2 Å². The van der Waals surface area contributed by atoms with Crippen molar-refractivity contribution in [3.05, 3.63) is 71.5 Å². The highest BCUT2D eigenvalue weighted by atomic mass is 19.1. The van der Waals surface area contributed by atoms with Gasteiger partial charge in [-0.3, -0.25) is 0 Å². The van der Waals surface area contributed by atoms with E-state index in [0.29, 0.717) is 11.3 Å². The van der Waals surface area contributed by atoms with E-state index in [9.17, 15) is 8.78 Å². The minimum absolute atomic E-state index is 0.220. The highest BCUT2D eigenvalue weighted by molar-refractivity contribution is 5.89. The average molecular weight is 411 g/mol. The Balaban J connectivity index is 1.53. The van der Waals surface area contributed by atoms with Crippen LogP contribution in [0.4, 0.5) is 13.2 Å². The van der Waals surface area contributed by atoms with Crippen LogP contribution in [0.25, 0.3) is 21.9 Å². The lowest BCUT2D eigenvalue weighted by atomic mass is 9.76. The maximum absolute atomic E-state index is 15.1. The SMILES string of the molecule is CCCCCC1CCC(c2ccc3c(F)c(-c4cc(F)cc(F)c4)ccc3c2)CC1. The van der Waals surface area contributed by atoms with Gasteiger partial charge in [0.2, 0.25) is 0 Å². The molecule has 0 heterocycles. The van der Waals surface area contributed by atoms with E-state index in [4.69, 9.17) is 0 Å². The van der Waals surface area contributed by atoms with E-state index in [1.807, 2.05) is 18.2 Å². The summed E-state index contributed by atoms with van der Waals surface area (Å²) in [6, 6.07) is 12.6. The Morgan fingerprint density at radius 2 is 1.53 bits per heavy atom. The zero-order valence-corrected chi connectivity index (χ0v) is 17.6. The Bertz CT molecular complexity index is 996. The average Bonchev–Trinajstić information content (AvgIpc) is 2.74. The Morgan fingerprint density at radius 1 is 0.800 bits per heavy atom. The molecule has 0 aliphatic heterocycles. The van der Waals surface area contributed by atoms with Crippen molar-refractivity contribution in [1.29, 1.82) is 0 Å². The van der Waals surface area contributed by atoms with Gasteiger partial charge in [-0.15, -0.1) is 0 Å². The molecule has 4 rings (SSSR count). The molecule has 1 aliphatic carbocycles.